The van der Waals surface area contributed by atoms with E-state index in [0.717, 1.165) is 19.3 Å². The van der Waals surface area contributed by atoms with Crippen molar-refractivity contribution in [2.24, 2.45) is 46.3 Å². The van der Waals surface area contributed by atoms with E-state index in [9.17, 15) is 20.0 Å². The molecule has 4 heteroatoms. The Morgan fingerprint density at radius 1 is 1.16 bits per heavy atom. The number of fused-ring (bicyclic) bond motifs is 5. The third kappa shape index (κ3) is 2.02. The summed E-state index contributed by atoms with van der Waals surface area (Å²) in [6.45, 7) is 6.43. The van der Waals surface area contributed by atoms with Gasteiger partial charge in [-0.15, -0.1) is 0 Å². The Morgan fingerprint density at radius 2 is 1.88 bits per heavy atom. The van der Waals surface area contributed by atoms with Crippen molar-refractivity contribution in [1.29, 1.82) is 5.26 Å². The summed E-state index contributed by atoms with van der Waals surface area (Å²) in [5.74, 6) is 1.49. The summed E-state index contributed by atoms with van der Waals surface area (Å²) in [5.41, 5.74) is -0.641. The van der Waals surface area contributed by atoms with Crippen molar-refractivity contribution in [3.05, 3.63) is 0 Å². The zero-order chi connectivity index (χ0) is 18.1. The predicted octanol–water partition coefficient (Wildman–Crippen LogP) is 3.13. The normalized spacial score (nSPS) is 55.1. The first kappa shape index (κ1) is 17.2. The highest BCUT2D eigenvalue weighted by molar-refractivity contribution is 5.88. The first-order valence-electron chi connectivity index (χ1n) is 9.87. The Labute approximate surface area is 150 Å². The van der Waals surface area contributed by atoms with Crippen LogP contribution in [-0.4, -0.2) is 22.8 Å². The first-order chi connectivity index (χ1) is 11.7. The van der Waals surface area contributed by atoms with Crippen LogP contribution in [0, 0.1) is 57.7 Å². The number of nitrogens with zero attached hydrogens (tertiary/aromatic N) is 1. The number of aliphatic hydroxyl groups excluding tert-OH is 1. The van der Waals surface area contributed by atoms with Gasteiger partial charge in [0, 0.05) is 30.1 Å². The molecule has 0 aromatic rings. The molecule has 4 unspecified atom stereocenters. The average Bonchev–Trinajstić information content (AvgIpc) is 2.83. The van der Waals surface area contributed by atoms with Crippen molar-refractivity contribution in [3.8, 4) is 6.07 Å². The Bertz CT molecular complexity index is 667. The van der Waals surface area contributed by atoms with Crippen LogP contribution in [0.3, 0.4) is 0 Å². The maximum Gasteiger partial charge on any atom is 0.140 e. The lowest BCUT2D eigenvalue weighted by Gasteiger charge is -2.62. The van der Waals surface area contributed by atoms with Crippen LogP contribution in [0.15, 0.2) is 0 Å². The first-order valence-corrected chi connectivity index (χ1v) is 9.87. The fourth-order valence-electron chi connectivity index (χ4n) is 7.41. The van der Waals surface area contributed by atoms with Gasteiger partial charge in [-0.1, -0.05) is 20.8 Å². The number of carbonyl (C=O) groups is 2. The summed E-state index contributed by atoms with van der Waals surface area (Å²) in [7, 11) is 0. The van der Waals surface area contributed by atoms with E-state index in [-0.39, 0.29) is 52.5 Å². The Balaban J connectivity index is 1.77. The number of Topliss-reactive ketones (excluding diaryl/α,β-unsaturated/α-hetero) is 2. The van der Waals surface area contributed by atoms with E-state index in [4.69, 9.17) is 0 Å². The van der Waals surface area contributed by atoms with E-state index < -0.39 is 6.10 Å². The summed E-state index contributed by atoms with van der Waals surface area (Å²) in [6.07, 6.45) is 3.53. The van der Waals surface area contributed by atoms with Crippen molar-refractivity contribution >= 4 is 11.6 Å². The van der Waals surface area contributed by atoms with E-state index in [1.165, 1.54) is 0 Å². The monoisotopic (exact) mass is 343 g/mol. The van der Waals surface area contributed by atoms with E-state index in [1.807, 2.05) is 0 Å². The van der Waals surface area contributed by atoms with Gasteiger partial charge in [-0.25, -0.2) is 0 Å². The van der Waals surface area contributed by atoms with Gasteiger partial charge in [0.15, 0.2) is 0 Å². The number of ketones is 2. The molecule has 4 saturated carbocycles. The number of nitriles is 1. The van der Waals surface area contributed by atoms with Crippen molar-refractivity contribution in [3.63, 3.8) is 0 Å². The summed E-state index contributed by atoms with van der Waals surface area (Å²) in [5, 5.41) is 20.6. The van der Waals surface area contributed by atoms with Gasteiger partial charge < -0.3 is 5.11 Å². The molecule has 0 aromatic heterocycles. The molecule has 0 spiro atoms. The van der Waals surface area contributed by atoms with E-state index >= 15 is 0 Å². The SMILES string of the molecule is CC1C[C@@H]2[C@@H](CCC3CC(=O)CC(O)[C@@]32C)[C@@H]2C(C#N)CC(=O)[C@@]12C. The molecule has 1 N–H and O–H groups in total. The van der Waals surface area contributed by atoms with Gasteiger partial charge in [0.25, 0.3) is 0 Å². The van der Waals surface area contributed by atoms with Gasteiger partial charge in [-0.05, 0) is 48.9 Å². The zero-order valence-electron chi connectivity index (χ0n) is 15.5. The molecule has 0 radical (unpaired) electrons. The predicted molar refractivity (Wildman–Crippen MR) is 92.2 cm³/mol. The zero-order valence-corrected chi connectivity index (χ0v) is 15.5. The van der Waals surface area contributed by atoms with E-state index in [2.05, 4.69) is 26.8 Å². The van der Waals surface area contributed by atoms with Gasteiger partial charge >= 0.3 is 0 Å². The summed E-state index contributed by atoms with van der Waals surface area (Å²) in [6, 6.07) is 2.44. The van der Waals surface area contributed by atoms with Crippen LogP contribution in [0.25, 0.3) is 0 Å². The molecule has 0 bridgehead atoms. The van der Waals surface area contributed by atoms with Gasteiger partial charge in [-0.3, -0.25) is 9.59 Å². The minimum absolute atomic E-state index is 0.112. The number of aliphatic hydroxyl groups is 1. The van der Waals surface area contributed by atoms with Crippen molar-refractivity contribution in [1.82, 2.24) is 0 Å². The molecule has 4 aliphatic rings. The van der Waals surface area contributed by atoms with Crippen LogP contribution in [-0.2, 0) is 9.59 Å². The molecule has 25 heavy (non-hydrogen) atoms. The topological polar surface area (TPSA) is 78.2 Å². The minimum atomic E-state index is -0.583. The van der Waals surface area contributed by atoms with Crippen molar-refractivity contribution < 1.29 is 14.7 Å². The smallest absolute Gasteiger partial charge is 0.140 e. The molecule has 4 fully saturated rings. The highest BCUT2D eigenvalue weighted by Gasteiger charge is 2.66. The summed E-state index contributed by atoms with van der Waals surface area (Å²) in [4.78, 5) is 24.8. The van der Waals surface area contributed by atoms with Gasteiger partial charge in [0.05, 0.1) is 18.1 Å². The second-order valence-corrected chi connectivity index (χ2v) is 9.68. The quantitative estimate of drug-likeness (QED) is 0.733. The third-order valence-corrected chi connectivity index (χ3v) is 9.05. The minimum Gasteiger partial charge on any atom is -0.392 e. The molecule has 0 heterocycles. The lowest BCUT2D eigenvalue weighted by molar-refractivity contribution is -0.180. The number of carbonyl (C=O) groups excluding carboxylic acids is 2. The number of hydrogen-bond donors (Lipinski definition) is 1. The second kappa shape index (κ2) is 5.39. The van der Waals surface area contributed by atoms with Crippen molar-refractivity contribution in [2.45, 2.75) is 65.4 Å². The van der Waals surface area contributed by atoms with Crippen LogP contribution in [0.2, 0.25) is 0 Å². The van der Waals surface area contributed by atoms with Crippen molar-refractivity contribution in [2.75, 3.05) is 0 Å². The molecular weight excluding hydrogens is 314 g/mol. The number of rotatable bonds is 0. The summed E-state index contributed by atoms with van der Waals surface area (Å²) < 4.78 is 0. The maximum atomic E-state index is 12.8. The number of hydrogen-bond acceptors (Lipinski definition) is 4. The molecule has 0 saturated heterocycles. The molecular formula is C21H29NO3. The highest BCUT2D eigenvalue weighted by atomic mass is 16.3. The van der Waals surface area contributed by atoms with Gasteiger partial charge in [0.1, 0.15) is 11.6 Å². The van der Waals surface area contributed by atoms with Crippen LogP contribution in [0.5, 0.6) is 0 Å². The Kier molecular flexibility index (Phi) is 3.71. The summed E-state index contributed by atoms with van der Waals surface area (Å²) >= 11 is 0. The maximum absolute atomic E-state index is 12.8. The molecule has 4 rings (SSSR count). The second-order valence-electron chi connectivity index (χ2n) is 9.68. The van der Waals surface area contributed by atoms with Crippen LogP contribution in [0.1, 0.15) is 59.3 Å². The third-order valence-electron chi connectivity index (χ3n) is 9.05. The largest absolute Gasteiger partial charge is 0.392 e. The molecule has 4 aliphatic carbocycles. The molecule has 4 nitrogen and oxygen atoms in total. The lowest BCUT2D eigenvalue weighted by Crippen LogP contribution is -2.60. The molecule has 0 aliphatic heterocycles. The van der Waals surface area contributed by atoms with Crippen LogP contribution >= 0.6 is 0 Å². The standard InChI is InChI=1S/C21H29NO3/c1-11-6-16-15(19-12(10-22)7-17(24)20(11,19)2)5-4-13-8-14(23)9-18(25)21(13,16)3/h11-13,15-16,18-19,25H,4-9H2,1-3H3/t11?,12?,13?,15-,16-,18?,19+,20-,21+/m1/s1. The fraction of sp³-hybridized carbons (Fsp3) is 0.857. The Hall–Kier alpha value is -1.21. The van der Waals surface area contributed by atoms with E-state index in [1.54, 1.807) is 0 Å². The highest BCUT2D eigenvalue weighted by Crippen LogP contribution is 2.67. The van der Waals surface area contributed by atoms with Gasteiger partial charge in [-0.2, -0.15) is 5.26 Å². The van der Waals surface area contributed by atoms with Crippen LogP contribution in [0.4, 0.5) is 0 Å². The van der Waals surface area contributed by atoms with Crippen LogP contribution < -0.4 is 0 Å². The average molecular weight is 343 g/mol. The molecule has 136 valence electrons. The Morgan fingerprint density at radius 3 is 2.56 bits per heavy atom. The fourth-order valence-corrected chi connectivity index (χ4v) is 7.41. The molecule has 0 amide bonds. The lowest BCUT2D eigenvalue weighted by atomic mass is 9.42. The molecule has 9 atom stereocenters. The van der Waals surface area contributed by atoms with Gasteiger partial charge in [0.2, 0.25) is 0 Å². The molecule has 0 aromatic carbocycles. The van der Waals surface area contributed by atoms with E-state index in [0.29, 0.717) is 24.7 Å².